The number of hydrogen-bond acceptors (Lipinski definition) is 5. The molecule has 0 amide bonds. The van der Waals surface area contributed by atoms with Crippen LogP contribution in [-0.4, -0.2) is 26.3 Å². The van der Waals surface area contributed by atoms with Gasteiger partial charge >= 0.3 is 12.6 Å². The Balaban J connectivity index is 1.93. The highest BCUT2D eigenvalue weighted by atomic mass is 19.3. The van der Waals surface area contributed by atoms with Gasteiger partial charge < -0.3 is 19.5 Å². The molecule has 0 aromatic heterocycles. The first-order chi connectivity index (χ1) is 12.9. The summed E-state index contributed by atoms with van der Waals surface area (Å²) in [6.07, 6.45) is 0. The largest absolute Gasteiger partial charge is 0.481 e. The van der Waals surface area contributed by atoms with E-state index in [9.17, 15) is 13.6 Å². The van der Waals surface area contributed by atoms with Crippen molar-refractivity contribution < 1.29 is 27.8 Å². The molecule has 2 rings (SSSR count). The van der Waals surface area contributed by atoms with E-state index >= 15 is 0 Å². The van der Waals surface area contributed by atoms with Crippen LogP contribution in [0.5, 0.6) is 11.5 Å². The Labute approximate surface area is 157 Å². The molecule has 0 spiro atoms. The van der Waals surface area contributed by atoms with Crippen LogP contribution in [0.25, 0.3) is 0 Å². The summed E-state index contributed by atoms with van der Waals surface area (Å²) in [4.78, 5) is 11.2. The number of rotatable bonds is 9. The van der Waals surface area contributed by atoms with Crippen LogP contribution in [0.2, 0.25) is 0 Å². The molecule has 0 bridgehead atoms. The molecule has 0 atom stereocenters. The van der Waals surface area contributed by atoms with Gasteiger partial charge in [0.25, 0.3) is 0 Å². The molecule has 27 heavy (non-hydrogen) atoms. The van der Waals surface area contributed by atoms with Gasteiger partial charge in [0.2, 0.25) is 0 Å². The molecule has 0 fully saturated rings. The molecule has 7 heteroatoms. The van der Waals surface area contributed by atoms with E-state index < -0.39 is 12.6 Å². The Hall–Kier alpha value is -2.67. The van der Waals surface area contributed by atoms with E-state index in [0.717, 1.165) is 22.3 Å². The topological polar surface area (TPSA) is 56.8 Å². The number of benzene rings is 2. The Morgan fingerprint density at radius 2 is 1.74 bits per heavy atom. The summed E-state index contributed by atoms with van der Waals surface area (Å²) in [6, 6.07) is 10.5. The highest BCUT2D eigenvalue weighted by molar-refractivity contribution is 5.71. The molecule has 0 heterocycles. The molecule has 0 saturated carbocycles. The molecule has 2 aromatic carbocycles. The van der Waals surface area contributed by atoms with Crippen molar-refractivity contribution >= 4 is 5.97 Å². The van der Waals surface area contributed by atoms with Gasteiger partial charge in [0, 0.05) is 13.1 Å². The number of nitrogens with one attached hydrogen (secondary N) is 1. The monoisotopic (exact) mass is 379 g/mol. The van der Waals surface area contributed by atoms with Crippen molar-refractivity contribution in [3.8, 4) is 11.5 Å². The lowest BCUT2D eigenvalue weighted by atomic mass is 10.1. The summed E-state index contributed by atoms with van der Waals surface area (Å²) in [6.45, 7) is 1.96. The van der Waals surface area contributed by atoms with E-state index in [4.69, 9.17) is 4.74 Å². The fraction of sp³-hybridized carbons (Fsp3) is 0.350. The zero-order chi connectivity index (χ0) is 19.8. The summed E-state index contributed by atoms with van der Waals surface area (Å²) in [7, 11) is 1.31. The lowest BCUT2D eigenvalue weighted by molar-refractivity contribution is -0.142. The quantitative estimate of drug-likeness (QED) is 0.673. The van der Waals surface area contributed by atoms with E-state index in [2.05, 4.69) is 14.8 Å². The molecule has 1 N–H and O–H groups in total. The predicted molar refractivity (Wildman–Crippen MR) is 97.0 cm³/mol. The van der Waals surface area contributed by atoms with Crippen LogP contribution in [0.1, 0.15) is 22.3 Å². The molecule has 0 saturated heterocycles. The van der Waals surface area contributed by atoms with Crippen molar-refractivity contribution in [3.05, 3.63) is 58.7 Å². The van der Waals surface area contributed by atoms with Crippen molar-refractivity contribution in [1.29, 1.82) is 0 Å². The van der Waals surface area contributed by atoms with Crippen LogP contribution < -0.4 is 14.8 Å². The van der Waals surface area contributed by atoms with Gasteiger partial charge in [0.1, 0.15) is 11.5 Å². The van der Waals surface area contributed by atoms with Gasteiger partial charge in [-0.05, 0) is 48.2 Å². The third-order valence-electron chi connectivity index (χ3n) is 3.86. The van der Waals surface area contributed by atoms with Gasteiger partial charge in [-0.2, -0.15) is 8.78 Å². The van der Waals surface area contributed by atoms with Gasteiger partial charge in [-0.25, -0.2) is 4.79 Å². The maximum absolute atomic E-state index is 12.3. The fourth-order valence-electron chi connectivity index (χ4n) is 2.74. The molecule has 0 unspecified atom stereocenters. The maximum Gasteiger partial charge on any atom is 0.387 e. The van der Waals surface area contributed by atoms with Crippen molar-refractivity contribution in [2.24, 2.45) is 0 Å². The van der Waals surface area contributed by atoms with Gasteiger partial charge in [0.15, 0.2) is 6.61 Å². The van der Waals surface area contributed by atoms with Gasteiger partial charge in [0.05, 0.1) is 7.11 Å². The Kier molecular flexibility index (Phi) is 7.55. The number of carbonyl (C=O) groups excluding carboxylic acids is 1. The van der Waals surface area contributed by atoms with Gasteiger partial charge in [-0.1, -0.05) is 24.3 Å². The third-order valence-corrected chi connectivity index (χ3v) is 3.86. The van der Waals surface area contributed by atoms with E-state index in [1.165, 1.54) is 13.2 Å². The number of carbonyl (C=O) groups is 1. The van der Waals surface area contributed by atoms with Crippen molar-refractivity contribution in [3.63, 3.8) is 0 Å². The summed E-state index contributed by atoms with van der Waals surface area (Å²) < 4.78 is 39.1. The van der Waals surface area contributed by atoms with Crippen LogP contribution in [0.4, 0.5) is 8.78 Å². The highest BCUT2D eigenvalue weighted by Gasteiger charge is 2.10. The second kappa shape index (κ2) is 9.87. The minimum absolute atomic E-state index is 0.132. The summed E-state index contributed by atoms with van der Waals surface area (Å²) in [5.74, 6) is 0.377. The first kappa shape index (κ1) is 20.6. The number of methoxy groups -OCH3 is 1. The molecule has 2 aromatic rings. The van der Waals surface area contributed by atoms with E-state index in [0.29, 0.717) is 18.8 Å². The van der Waals surface area contributed by atoms with Crippen LogP contribution in [0.15, 0.2) is 36.4 Å². The normalized spacial score (nSPS) is 10.7. The average molecular weight is 379 g/mol. The van der Waals surface area contributed by atoms with Crippen LogP contribution in [-0.2, 0) is 22.6 Å². The third kappa shape index (κ3) is 6.53. The van der Waals surface area contributed by atoms with Gasteiger partial charge in [-0.15, -0.1) is 0 Å². The molecule has 0 aliphatic heterocycles. The number of aryl methyl sites for hydroxylation is 2. The number of hydrogen-bond donors (Lipinski definition) is 1. The zero-order valence-electron chi connectivity index (χ0n) is 15.6. The number of ether oxygens (including phenoxy) is 3. The lowest BCUT2D eigenvalue weighted by Crippen LogP contribution is -2.15. The fourth-order valence-corrected chi connectivity index (χ4v) is 2.74. The van der Waals surface area contributed by atoms with Crippen molar-refractivity contribution in [2.75, 3.05) is 13.7 Å². The predicted octanol–water partition coefficient (Wildman–Crippen LogP) is 3.75. The number of esters is 1. The smallest absolute Gasteiger partial charge is 0.387 e. The summed E-state index contributed by atoms with van der Waals surface area (Å²) >= 11 is 0. The molecule has 0 aliphatic rings. The van der Waals surface area contributed by atoms with Crippen LogP contribution in [0, 0.1) is 13.8 Å². The Morgan fingerprint density at radius 1 is 1.07 bits per heavy atom. The Bertz CT molecular complexity index is 757. The van der Waals surface area contributed by atoms with Gasteiger partial charge in [-0.3, -0.25) is 0 Å². The lowest BCUT2D eigenvalue weighted by Gasteiger charge is -2.14. The second-order valence-electron chi connectivity index (χ2n) is 6.05. The molecule has 146 valence electrons. The minimum atomic E-state index is -2.83. The summed E-state index contributed by atoms with van der Waals surface area (Å²) in [5.41, 5.74) is 3.74. The first-order valence-corrected chi connectivity index (χ1v) is 8.43. The van der Waals surface area contributed by atoms with Crippen molar-refractivity contribution in [2.45, 2.75) is 33.5 Å². The SMILES string of the molecule is COC(=O)COc1c(C)cc(CNCc2cccc(OC(F)F)c2)cc1C. The maximum atomic E-state index is 12.3. The number of halogens is 2. The van der Waals surface area contributed by atoms with E-state index in [1.54, 1.807) is 12.1 Å². The van der Waals surface area contributed by atoms with Crippen LogP contribution in [0.3, 0.4) is 0 Å². The molecular formula is C20H23F2NO4. The summed E-state index contributed by atoms with van der Waals surface area (Å²) in [5, 5.41) is 3.27. The molecule has 5 nitrogen and oxygen atoms in total. The zero-order valence-corrected chi connectivity index (χ0v) is 15.6. The first-order valence-electron chi connectivity index (χ1n) is 8.43. The highest BCUT2D eigenvalue weighted by Crippen LogP contribution is 2.25. The average Bonchev–Trinajstić information content (AvgIpc) is 2.60. The minimum Gasteiger partial charge on any atom is -0.481 e. The van der Waals surface area contributed by atoms with E-state index in [-0.39, 0.29) is 12.4 Å². The molecule has 0 aliphatic carbocycles. The second-order valence-corrected chi connectivity index (χ2v) is 6.05. The number of alkyl halides is 2. The standard InChI is InChI=1S/C20H23F2NO4/c1-13-7-16(8-14(2)19(13)26-12-18(24)25-3)11-23-10-15-5-4-6-17(9-15)27-20(21)22/h4-9,20,23H,10-12H2,1-3H3. The van der Waals surface area contributed by atoms with Crippen molar-refractivity contribution in [1.82, 2.24) is 5.32 Å². The molecular weight excluding hydrogens is 356 g/mol. The Morgan fingerprint density at radius 3 is 2.37 bits per heavy atom. The molecule has 0 radical (unpaired) electrons. The van der Waals surface area contributed by atoms with E-state index in [1.807, 2.05) is 32.0 Å². The van der Waals surface area contributed by atoms with Crippen LogP contribution >= 0.6 is 0 Å².